The van der Waals surface area contributed by atoms with E-state index in [1.807, 2.05) is 27.0 Å². The highest BCUT2D eigenvalue weighted by Crippen LogP contribution is 2.26. The van der Waals surface area contributed by atoms with Gasteiger partial charge in [0.2, 0.25) is 11.8 Å². The molecule has 0 saturated carbocycles. The SMILES string of the molecule is Cc1cc(CN2C[C@@H](F)C[C@H]2CN(C)[C@@H](C)c2nnc(C)o2)on1. The molecule has 0 radical (unpaired) electrons. The minimum Gasteiger partial charge on any atom is -0.424 e. The van der Waals surface area contributed by atoms with Crippen molar-refractivity contribution in [3.8, 4) is 0 Å². The third-order valence-corrected chi connectivity index (χ3v) is 4.57. The summed E-state index contributed by atoms with van der Waals surface area (Å²) in [6.07, 6.45) is -0.291. The number of rotatable bonds is 6. The summed E-state index contributed by atoms with van der Waals surface area (Å²) in [5, 5.41) is 11.9. The predicted molar refractivity (Wildman–Crippen MR) is 85.0 cm³/mol. The summed E-state index contributed by atoms with van der Waals surface area (Å²) < 4.78 is 24.7. The molecule has 132 valence electrons. The summed E-state index contributed by atoms with van der Waals surface area (Å²) in [6, 6.07) is 2.00. The van der Waals surface area contributed by atoms with E-state index in [1.165, 1.54) is 0 Å². The van der Waals surface area contributed by atoms with Gasteiger partial charge < -0.3 is 8.94 Å². The van der Waals surface area contributed by atoms with Crippen molar-refractivity contribution in [3.05, 3.63) is 29.3 Å². The Balaban J connectivity index is 1.63. The number of aromatic nitrogens is 3. The molecule has 1 saturated heterocycles. The van der Waals surface area contributed by atoms with Gasteiger partial charge in [0.25, 0.3) is 0 Å². The number of hydrogen-bond acceptors (Lipinski definition) is 7. The Bertz CT molecular complexity index is 673. The third kappa shape index (κ3) is 3.81. The summed E-state index contributed by atoms with van der Waals surface area (Å²) in [6.45, 7) is 7.39. The van der Waals surface area contributed by atoms with Crippen LogP contribution < -0.4 is 0 Å². The second kappa shape index (κ2) is 6.98. The Morgan fingerprint density at radius 2 is 2.21 bits per heavy atom. The van der Waals surface area contributed by atoms with Gasteiger partial charge >= 0.3 is 0 Å². The highest BCUT2D eigenvalue weighted by Gasteiger charge is 2.34. The van der Waals surface area contributed by atoms with Crippen LogP contribution in [-0.2, 0) is 6.54 Å². The van der Waals surface area contributed by atoms with E-state index < -0.39 is 6.17 Å². The lowest BCUT2D eigenvalue weighted by Crippen LogP contribution is -2.39. The molecule has 3 rings (SSSR count). The van der Waals surface area contributed by atoms with Gasteiger partial charge in [-0.2, -0.15) is 0 Å². The van der Waals surface area contributed by atoms with E-state index in [4.69, 9.17) is 8.94 Å². The molecule has 3 atom stereocenters. The van der Waals surface area contributed by atoms with Gasteiger partial charge in [0.15, 0.2) is 5.76 Å². The van der Waals surface area contributed by atoms with E-state index in [0.29, 0.717) is 31.3 Å². The first-order valence-electron chi connectivity index (χ1n) is 8.23. The van der Waals surface area contributed by atoms with Crippen LogP contribution in [0.3, 0.4) is 0 Å². The highest BCUT2D eigenvalue weighted by molar-refractivity contribution is 5.04. The van der Waals surface area contributed by atoms with Crippen molar-refractivity contribution < 1.29 is 13.3 Å². The molecule has 3 heterocycles. The summed E-state index contributed by atoms with van der Waals surface area (Å²) in [4.78, 5) is 4.24. The lowest BCUT2D eigenvalue weighted by atomic mass is 10.1. The van der Waals surface area contributed by atoms with Crippen molar-refractivity contribution in [2.45, 2.75) is 52.0 Å². The van der Waals surface area contributed by atoms with Gasteiger partial charge in [0, 0.05) is 32.1 Å². The van der Waals surface area contributed by atoms with E-state index in [2.05, 4.69) is 25.2 Å². The molecule has 1 fully saturated rings. The van der Waals surface area contributed by atoms with Gasteiger partial charge in [-0.1, -0.05) is 5.16 Å². The number of aryl methyl sites for hydroxylation is 2. The van der Waals surface area contributed by atoms with E-state index in [0.717, 1.165) is 18.0 Å². The molecule has 0 aliphatic carbocycles. The van der Waals surface area contributed by atoms with Crippen molar-refractivity contribution in [3.63, 3.8) is 0 Å². The zero-order valence-electron chi connectivity index (χ0n) is 14.6. The molecule has 0 spiro atoms. The maximum Gasteiger partial charge on any atom is 0.233 e. The molecular formula is C16H24FN5O2. The van der Waals surface area contributed by atoms with Crippen LogP contribution in [0.1, 0.15) is 42.6 Å². The third-order valence-electron chi connectivity index (χ3n) is 4.57. The maximum atomic E-state index is 14.0. The van der Waals surface area contributed by atoms with Crippen LogP contribution in [0.4, 0.5) is 4.39 Å². The number of alkyl halides is 1. The first-order valence-corrected chi connectivity index (χ1v) is 8.23. The first kappa shape index (κ1) is 17.0. The Labute approximate surface area is 140 Å². The Morgan fingerprint density at radius 3 is 2.83 bits per heavy atom. The predicted octanol–water partition coefficient (Wildman–Crippen LogP) is 2.28. The molecule has 0 N–H and O–H groups in total. The molecule has 0 amide bonds. The van der Waals surface area contributed by atoms with E-state index in [1.54, 1.807) is 6.92 Å². The normalized spacial score (nSPS) is 23.2. The van der Waals surface area contributed by atoms with Crippen molar-refractivity contribution in [1.29, 1.82) is 0 Å². The van der Waals surface area contributed by atoms with Crippen molar-refractivity contribution >= 4 is 0 Å². The van der Waals surface area contributed by atoms with Gasteiger partial charge in [-0.25, -0.2) is 4.39 Å². The Hall–Kier alpha value is -1.80. The summed E-state index contributed by atoms with van der Waals surface area (Å²) >= 11 is 0. The number of hydrogen-bond donors (Lipinski definition) is 0. The maximum absolute atomic E-state index is 14.0. The molecule has 0 unspecified atom stereocenters. The molecule has 0 aromatic carbocycles. The Morgan fingerprint density at radius 1 is 1.42 bits per heavy atom. The standard InChI is InChI=1S/C16H24FN5O2/c1-10-5-15(24-20-10)9-22-7-13(17)6-14(22)8-21(4)11(2)16-19-18-12(3)23-16/h5,11,13-14H,6-9H2,1-4H3/t11-,13-,14-/m0/s1. The minimum absolute atomic E-state index is 0.0146. The lowest BCUT2D eigenvalue weighted by molar-refractivity contribution is 0.139. The number of likely N-dealkylation sites (N-methyl/N-ethyl adjacent to an activating group) is 1. The smallest absolute Gasteiger partial charge is 0.233 e. The van der Waals surface area contributed by atoms with Crippen LogP contribution in [0, 0.1) is 13.8 Å². The van der Waals surface area contributed by atoms with Crippen LogP contribution >= 0.6 is 0 Å². The fraction of sp³-hybridized carbons (Fsp3) is 0.688. The summed E-state index contributed by atoms with van der Waals surface area (Å²) in [7, 11) is 1.99. The van der Waals surface area contributed by atoms with E-state index in [-0.39, 0.29) is 12.1 Å². The van der Waals surface area contributed by atoms with Crippen LogP contribution in [0.2, 0.25) is 0 Å². The van der Waals surface area contributed by atoms with Crippen LogP contribution in [0.15, 0.2) is 15.0 Å². The molecule has 1 aliphatic heterocycles. The fourth-order valence-corrected chi connectivity index (χ4v) is 3.16. The Kier molecular flexibility index (Phi) is 4.96. The molecule has 2 aromatic heterocycles. The zero-order chi connectivity index (χ0) is 17.3. The largest absolute Gasteiger partial charge is 0.424 e. The summed E-state index contributed by atoms with van der Waals surface area (Å²) in [5.41, 5.74) is 0.843. The van der Waals surface area contributed by atoms with Gasteiger partial charge in [-0.05, 0) is 27.3 Å². The second-order valence-electron chi connectivity index (χ2n) is 6.63. The van der Waals surface area contributed by atoms with Gasteiger partial charge in [0.05, 0.1) is 18.3 Å². The van der Waals surface area contributed by atoms with Gasteiger partial charge in [0.1, 0.15) is 6.17 Å². The lowest BCUT2D eigenvalue weighted by Gasteiger charge is -2.29. The monoisotopic (exact) mass is 337 g/mol. The molecule has 0 bridgehead atoms. The molecule has 8 heteroatoms. The van der Waals surface area contributed by atoms with Crippen molar-refractivity contribution in [1.82, 2.24) is 25.2 Å². The zero-order valence-corrected chi connectivity index (χ0v) is 14.6. The first-order chi connectivity index (χ1) is 11.4. The fourth-order valence-electron chi connectivity index (χ4n) is 3.16. The minimum atomic E-state index is -0.812. The summed E-state index contributed by atoms with van der Waals surface area (Å²) in [5.74, 6) is 1.91. The molecule has 7 nitrogen and oxygen atoms in total. The number of halogens is 1. The average molecular weight is 337 g/mol. The number of nitrogens with zero attached hydrogens (tertiary/aromatic N) is 5. The van der Waals surface area contributed by atoms with Gasteiger partial charge in [-0.15, -0.1) is 10.2 Å². The quantitative estimate of drug-likeness (QED) is 0.801. The van der Waals surface area contributed by atoms with Crippen molar-refractivity contribution in [2.24, 2.45) is 0 Å². The molecule has 1 aliphatic rings. The topological polar surface area (TPSA) is 71.4 Å². The molecular weight excluding hydrogens is 313 g/mol. The number of likely N-dealkylation sites (tertiary alicyclic amines) is 1. The average Bonchev–Trinajstić information content (AvgIpc) is 3.21. The molecule has 2 aromatic rings. The van der Waals surface area contributed by atoms with Gasteiger partial charge in [-0.3, -0.25) is 9.80 Å². The van der Waals surface area contributed by atoms with Crippen LogP contribution in [0.25, 0.3) is 0 Å². The van der Waals surface area contributed by atoms with Crippen LogP contribution in [-0.4, -0.2) is 57.5 Å². The van der Waals surface area contributed by atoms with Crippen LogP contribution in [0.5, 0.6) is 0 Å². The highest BCUT2D eigenvalue weighted by atomic mass is 19.1. The molecule has 24 heavy (non-hydrogen) atoms. The van der Waals surface area contributed by atoms with Crippen molar-refractivity contribution in [2.75, 3.05) is 20.1 Å². The van der Waals surface area contributed by atoms with E-state index >= 15 is 0 Å². The second-order valence-corrected chi connectivity index (χ2v) is 6.63. The van der Waals surface area contributed by atoms with E-state index in [9.17, 15) is 4.39 Å².